The van der Waals surface area contributed by atoms with Gasteiger partial charge in [0.05, 0.1) is 18.0 Å². The number of sulfonamides is 1. The highest BCUT2D eigenvalue weighted by molar-refractivity contribution is 7.92. The van der Waals surface area contributed by atoms with E-state index >= 15 is 0 Å². The lowest BCUT2D eigenvalue weighted by atomic mass is 9.94. The van der Waals surface area contributed by atoms with Crippen molar-refractivity contribution in [2.24, 2.45) is 0 Å². The molecule has 0 fully saturated rings. The maximum absolute atomic E-state index is 13.3. The molecule has 5 nitrogen and oxygen atoms in total. The Morgan fingerprint density at radius 3 is 2.03 bits per heavy atom. The molecule has 0 aromatic heterocycles. The molecule has 0 aliphatic carbocycles. The highest BCUT2D eigenvalue weighted by atomic mass is 32.2. The van der Waals surface area contributed by atoms with E-state index in [-0.39, 0.29) is 5.91 Å². The van der Waals surface area contributed by atoms with Gasteiger partial charge < -0.3 is 5.32 Å². The van der Waals surface area contributed by atoms with E-state index in [1.807, 2.05) is 80.6 Å². The maximum atomic E-state index is 13.3. The van der Waals surface area contributed by atoms with Crippen LogP contribution in [0.3, 0.4) is 0 Å². The summed E-state index contributed by atoms with van der Waals surface area (Å²) in [5, 5.41) is 3.08. The molecule has 0 saturated carbocycles. The van der Waals surface area contributed by atoms with Crippen molar-refractivity contribution in [1.29, 1.82) is 0 Å². The number of carbonyl (C=O) groups excluding carboxylic acids is 1. The molecule has 3 aromatic carbocycles. The van der Waals surface area contributed by atoms with Crippen molar-refractivity contribution in [3.63, 3.8) is 0 Å². The fourth-order valence-electron chi connectivity index (χ4n) is 3.66. The van der Waals surface area contributed by atoms with E-state index in [9.17, 15) is 13.2 Å². The van der Waals surface area contributed by atoms with Gasteiger partial charge in [0.25, 0.3) is 0 Å². The molecule has 3 aromatic rings. The molecule has 0 saturated heterocycles. The molecule has 1 N–H and O–H groups in total. The molecule has 2 atom stereocenters. The zero-order valence-corrected chi connectivity index (χ0v) is 19.1. The molecule has 0 radical (unpaired) electrons. The van der Waals surface area contributed by atoms with Gasteiger partial charge in [0.2, 0.25) is 15.9 Å². The van der Waals surface area contributed by atoms with Gasteiger partial charge in [-0.1, -0.05) is 72.3 Å². The number of amides is 1. The van der Waals surface area contributed by atoms with Crippen molar-refractivity contribution < 1.29 is 13.2 Å². The Hall–Kier alpha value is -3.12. The lowest BCUT2D eigenvalue weighted by Crippen LogP contribution is -2.48. The normalized spacial score (nSPS) is 13.3. The fourth-order valence-corrected chi connectivity index (χ4v) is 4.83. The summed E-state index contributed by atoms with van der Waals surface area (Å²) < 4.78 is 26.3. The molecular formula is C25H28N2O3S. The van der Waals surface area contributed by atoms with Crippen LogP contribution in [-0.4, -0.2) is 26.6 Å². The third-order valence-corrected chi connectivity index (χ3v) is 6.54. The van der Waals surface area contributed by atoms with Crippen LogP contribution in [0.15, 0.2) is 78.9 Å². The van der Waals surface area contributed by atoms with Crippen LogP contribution in [0.2, 0.25) is 0 Å². The van der Waals surface area contributed by atoms with E-state index in [2.05, 4.69) is 5.32 Å². The lowest BCUT2D eigenvalue weighted by Gasteiger charge is -2.30. The smallest absolute Gasteiger partial charge is 0.244 e. The third kappa shape index (κ3) is 5.33. The van der Waals surface area contributed by atoms with Crippen molar-refractivity contribution in [2.75, 3.05) is 10.6 Å². The summed E-state index contributed by atoms with van der Waals surface area (Å²) in [4.78, 5) is 13.3. The van der Waals surface area contributed by atoms with Crippen LogP contribution in [0.5, 0.6) is 0 Å². The van der Waals surface area contributed by atoms with Gasteiger partial charge in [-0.25, -0.2) is 8.42 Å². The number of carbonyl (C=O) groups is 1. The molecule has 0 aliphatic heterocycles. The summed E-state index contributed by atoms with van der Waals surface area (Å²) >= 11 is 0. The van der Waals surface area contributed by atoms with Crippen LogP contribution in [0, 0.1) is 13.8 Å². The van der Waals surface area contributed by atoms with Crippen molar-refractivity contribution in [2.45, 2.75) is 32.9 Å². The van der Waals surface area contributed by atoms with Gasteiger partial charge in [-0.15, -0.1) is 0 Å². The summed E-state index contributed by atoms with van der Waals surface area (Å²) in [6.45, 7) is 5.53. The minimum Gasteiger partial charge on any atom is -0.343 e. The molecular weight excluding hydrogens is 408 g/mol. The Balaban J connectivity index is 1.96. The summed E-state index contributed by atoms with van der Waals surface area (Å²) in [5.74, 6) is -0.372. The van der Waals surface area contributed by atoms with E-state index in [4.69, 9.17) is 0 Å². The average Bonchev–Trinajstić information content (AvgIpc) is 2.73. The van der Waals surface area contributed by atoms with Crippen LogP contribution in [-0.2, 0) is 14.8 Å². The van der Waals surface area contributed by atoms with E-state index in [0.717, 1.165) is 28.5 Å². The molecule has 0 heterocycles. The first-order chi connectivity index (χ1) is 14.7. The van der Waals surface area contributed by atoms with Gasteiger partial charge in [0.15, 0.2) is 0 Å². The molecule has 1 amide bonds. The fraction of sp³-hybridized carbons (Fsp3) is 0.240. The molecule has 31 heavy (non-hydrogen) atoms. The molecule has 0 unspecified atom stereocenters. The van der Waals surface area contributed by atoms with Crippen LogP contribution >= 0.6 is 0 Å². The van der Waals surface area contributed by atoms with E-state index in [0.29, 0.717) is 5.69 Å². The molecule has 0 bridgehead atoms. The summed E-state index contributed by atoms with van der Waals surface area (Å²) in [5.41, 5.74) is 4.41. The molecule has 0 aliphatic rings. The molecule has 6 heteroatoms. The van der Waals surface area contributed by atoms with Crippen molar-refractivity contribution >= 4 is 21.6 Å². The van der Waals surface area contributed by atoms with Crippen LogP contribution in [0.4, 0.5) is 5.69 Å². The second kappa shape index (κ2) is 9.35. The minimum atomic E-state index is -3.68. The summed E-state index contributed by atoms with van der Waals surface area (Å²) in [6, 6.07) is 23.3. The van der Waals surface area contributed by atoms with Gasteiger partial charge in [-0.2, -0.15) is 0 Å². The number of benzene rings is 3. The zero-order valence-electron chi connectivity index (χ0n) is 18.2. The Labute approximate surface area is 184 Å². The Morgan fingerprint density at radius 1 is 0.871 bits per heavy atom. The largest absolute Gasteiger partial charge is 0.343 e. The Bertz CT molecular complexity index is 1140. The Kier molecular flexibility index (Phi) is 6.81. The SMILES string of the molecule is Cc1ccc(N([C@@H](C)C(=O)N[C@H](c2ccccc2)c2ccccc2C)S(C)(=O)=O)cc1. The number of hydrogen-bond acceptors (Lipinski definition) is 3. The zero-order chi connectivity index (χ0) is 22.6. The van der Waals surface area contributed by atoms with Gasteiger partial charge in [-0.05, 0) is 49.6 Å². The number of nitrogens with zero attached hydrogens (tertiary/aromatic N) is 1. The van der Waals surface area contributed by atoms with Crippen molar-refractivity contribution in [3.05, 3.63) is 101 Å². The lowest BCUT2D eigenvalue weighted by molar-refractivity contribution is -0.122. The number of nitrogens with one attached hydrogen (secondary N) is 1. The Morgan fingerprint density at radius 2 is 1.45 bits per heavy atom. The van der Waals surface area contributed by atoms with E-state index < -0.39 is 22.1 Å². The van der Waals surface area contributed by atoms with Gasteiger partial charge in [0.1, 0.15) is 6.04 Å². The average molecular weight is 437 g/mol. The predicted molar refractivity (Wildman–Crippen MR) is 126 cm³/mol. The monoisotopic (exact) mass is 436 g/mol. The second-order valence-electron chi connectivity index (χ2n) is 7.78. The van der Waals surface area contributed by atoms with Crippen molar-refractivity contribution in [1.82, 2.24) is 5.32 Å². The summed E-state index contributed by atoms with van der Waals surface area (Å²) in [7, 11) is -3.68. The van der Waals surface area contributed by atoms with Crippen molar-refractivity contribution in [3.8, 4) is 0 Å². The number of hydrogen-bond donors (Lipinski definition) is 1. The van der Waals surface area contributed by atoms with E-state index in [1.165, 1.54) is 4.31 Å². The number of anilines is 1. The quantitative estimate of drug-likeness (QED) is 0.598. The molecule has 162 valence electrons. The molecule has 0 spiro atoms. The standard InChI is InChI=1S/C25H28N2O3S/c1-18-14-16-22(17-15-18)27(31(4,29)30)20(3)25(28)26-24(21-11-6-5-7-12-21)23-13-9-8-10-19(23)2/h5-17,20,24H,1-4H3,(H,26,28)/t20-,24+/m0/s1. The number of rotatable bonds is 7. The first-order valence-corrected chi connectivity index (χ1v) is 12.0. The number of aryl methyl sites for hydroxylation is 2. The highest BCUT2D eigenvalue weighted by Gasteiger charge is 2.31. The minimum absolute atomic E-state index is 0.372. The van der Waals surface area contributed by atoms with E-state index in [1.54, 1.807) is 19.1 Å². The molecule has 3 rings (SSSR count). The predicted octanol–water partition coefficient (Wildman–Crippen LogP) is 4.36. The van der Waals surface area contributed by atoms with Gasteiger partial charge in [0, 0.05) is 0 Å². The maximum Gasteiger partial charge on any atom is 0.244 e. The van der Waals surface area contributed by atoms with Crippen LogP contribution < -0.4 is 9.62 Å². The second-order valence-corrected chi connectivity index (χ2v) is 9.64. The van der Waals surface area contributed by atoms with Gasteiger partial charge >= 0.3 is 0 Å². The first-order valence-electron chi connectivity index (χ1n) is 10.2. The summed E-state index contributed by atoms with van der Waals surface area (Å²) in [6.07, 6.45) is 1.12. The third-order valence-electron chi connectivity index (χ3n) is 5.30. The first kappa shape index (κ1) is 22.6. The highest BCUT2D eigenvalue weighted by Crippen LogP contribution is 2.26. The van der Waals surface area contributed by atoms with Crippen LogP contribution in [0.1, 0.15) is 35.2 Å². The topological polar surface area (TPSA) is 66.5 Å². The van der Waals surface area contributed by atoms with Crippen LogP contribution in [0.25, 0.3) is 0 Å². The van der Waals surface area contributed by atoms with Gasteiger partial charge in [-0.3, -0.25) is 9.10 Å².